The number of carboxylic acid groups (broad SMARTS) is 2. The van der Waals surface area contributed by atoms with Gasteiger partial charge >= 0.3 is 11.9 Å². The molecule has 4 unspecified atom stereocenters. The minimum Gasteiger partial charge on any atom is -0.481 e. The summed E-state index contributed by atoms with van der Waals surface area (Å²) >= 11 is 0. The zero-order valence-corrected chi connectivity index (χ0v) is 17.7. The third-order valence-corrected chi connectivity index (χ3v) is 5.08. The summed E-state index contributed by atoms with van der Waals surface area (Å²) in [5.74, 6) is -4.13. The quantitative estimate of drug-likeness (QED) is 0.180. The van der Waals surface area contributed by atoms with Gasteiger partial charge in [0.25, 0.3) is 0 Å². The molecule has 0 bridgehead atoms. The summed E-state index contributed by atoms with van der Waals surface area (Å²) < 4.78 is 0. The molecule has 1 rings (SSSR count). The molecule has 8 N–H and O–H groups in total. The Kier molecular flexibility index (Phi) is 10.9. The summed E-state index contributed by atoms with van der Waals surface area (Å²) in [7, 11) is 0. The average molecular weight is 444 g/mol. The van der Waals surface area contributed by atoms with Crippen molar-refractivity contribution in [3.05, 3.63) is 0 Å². The highest BCUT2D eigenvalue weighted by atomic mass is 16.4. The maximum absolute atomic E-state index is 13.1. The number of hydrogen-bond acceptors (Lipinski definition) is 7. The Balaban J connectivity index is 2.89. The van der Waals surface area contributed by atoms with Crippen LogP contribution in [-0.2, 0) is 24.0 Å². The van der Waals surface area contributed by atoms with Gasteiger partial charge in [0.05, 0.1) is 6.04 Å². The molecular formula is C19H33N5O7. The van der Waals surface area contributed by atoms with Crippen LogP contribution in [0.25, 0.3) is 0 Å². The first-order valence-electron chi connectivity index (χ1n) is 10.4. The highest BCUT2D eigenvalue weighted by Crippen LogP contribution is 2.20. The largest absolute Gasteiger partial charge is 0.481 e. The van der Waals surface area contributed by atoms with E-state index in [1.54, 1.807) is 0 Å². The zero-order chi connectivity index (χ0) is 23.6. The number of nitrogens with one attached hydrogen (secondary N) is 2. The lowest BCUT2D eigenvalue weighted by Crippen LogP contribution is -2.56. The molecule has 1 fully saturated rings. The number of carbonyl (C=O) groups is 5. The first-order chi connectivity index (χ1) is 14.6. The molecule has 0 aromatic heterocycles. The lowest BCUT2D eigenvalue weighted by Gasteiger charge is -2.29. The minimum absolute atomic E-state index is 0.275. The number of hydrogen-bond donors (Lipinski definition) is 6. The van der Waals surface area contributed by atoms with E-state index < -0.39 is 60.2 Å². The molecule has 0 radical (unpaired) electrons. The van der Waals surface area contributed by atoms with E-state index in [2.05, 4.69) is 10.6 Å². The van der Waals surface area contributed by atoms with Crippen molar-refractivity contribution in [1.29, 1.82) is 0 Å². The third kappa shape index (κ3) is 8.50. The van der Waals surface area contributed by atoms with Crippen molar-refractivity contribution in [2.24, 2.45) is 11.5 Å². The Morgan fingerprint density at radius 3 is 2.29 bits per heavy atom. The van der Waals surface area contributed by atoms with Crippen LogP contribution < -0.4 is 22.1 Å². The van der Waals surface area contributed by atoms with Gasteiger partial charge in [-0.2, -0.15) is 0 Å². The van der Waals surface area contributed by atoms with E-state index in [1.165, 1.54) is 11.8 Å². The van der Waals surface area contributed by atoms with Crippen LogP contribution in [0, 0.1) is 0 Å². The van der Waals surface area contributed by atoms with Crippen LogP contribution in [0.3, 0.4) is 0 Å². The predicted octanol–water partition coefficient (Wildman–Crippen LogP) is -1.63. The summed E-state index contributed by atoms with van der Waals surface area (Å²) in [6, 6.07) is -3.96. The monoisotopic (exact) mass is 443 g/mol. The number of carbonyl (C=O) groups excluding carboxylic acids is 3. The molecule has 0 aromatic carbocycles. The molecule has 12 nitrogen and oxygen atoms in total. The number of nitrogens with zero attached hydrogens (tertiary/aromatic N) is 1. The second kappa shape index (κ2) is 12.8. The fraction of sp³-hybridized carbons (Fsp3) is 0.737. The molecule has 31 heavy (non-hydrogen) atoms. The summed E-state index contributed by atoms with van der Waals surface area (Å²) in [6.07, 6.45) is 1.75. The topological polar surface area (TPSA) is 205 Å². The normalized spacial score (nSPS) is 18.7. The van der Waals surface area contributed by atoms with Gasteiger partial charge in [-0.25, -0.2) is 4.79 Å². The summed E-state index contributed by atoms with van der Waals surface area (Å²) in [5.41, 5.74) is 11.1. The lowest BCUT2D eigenvalue weighted by atomic mass is 10.1. The molecule has 0 saturated carbocycles. The van der Waals surface area contributed by atoms with Gasteiger partial charge in [-0.1, -0.05) is 0 Å². The Morgan fingerprint density at radius 2 is 1.74 bits per heavy atom. The lowest BCUT2D eigenvalue weighted by molar-refractivity contribution is -0.145. The number of carboxylic acids is 2. The smallest absolute Gasteiger partial charge is 0.326 e. The number of likely N-dealkylation sites (tertiary alicyclic amines) is 1. The van der Waals surface area contributed by atoms with E-state index in [4.69, 9.17) is 16.6 Å². The van der Waals surface area contributed by atoms with Crippen LogP contribution >= 0.6 is 0 Å². The van der Waals surface area contributed by atoms with Gasteiger partial charge in [0.2, 0.25) is 17.7 Å². The van der Waals surface area contributed by atoms with Crippen molar-refractivity contribution < 1.29 is 34.2 Å². The molecule has 176 valence electrons. The van der Waals surface area contributed by atoms with Gasteiger partial charge < -0.3 is 37.2 Å². The fourth-order valence-corrected chi connectivity index (χ4v) is 3.35. The van der Waals surface area contributed by atoms with E-state index in [1.807, 2.05) is 0 Å². The van der Waals surface area contributed by atoms with E-state index in [0.717, 1.165) is 0 Å². The van der Waals surface area contributed by atoms with Gasteiger partial charge in [-0.15, -0.1) is 0 Å². The van der Waals surface area contributed by atoms with Gasteiger partial charge in [0.1, 0.15) is 18.1 Å². The first kappa shape index (κ1) is 26.3. The van der Waals surface area contributed by atoms with Crippen LogP contribution in [0.5, 0.6) is 0 Å². The molecule has 12 heteroatoms. The first-order valence-corrected chi connectivity index (χ1v) is 10.4. The summed E-state index contributed by atoms with van der Waals surface area (Å²) in [6.45, 7) is 2.21. The predicted molar refractivity (Wildman–Crippen MR) is 110 cm³/mol. The van der Waals surface area contributed by atoms with Gasteiger partial charge in [-0.05, 0) is 52.0 Å². The van der Waals surface area contributed by atoms with Gasteiger partial charge in [-0.3, -0.25) is 19.2 Å². The summed E-state index contributed by atoms with van der Waals surface area (Å²) in [4.78, 5) is 61.3. The summed E-state index contributed by atoms with van der Waals surface area (Å²) in [5, 5.41) is 23.0. The van der Waals surface area contributed by atoms with E-state index >= 15 is 0 Å². The second-order valence-electron chi connectivity index (χ2n) is 7.66. The maximum atomic E-state index is 13.1. The van der Waals surface area contributed by atoms with E-state index in [-0.39, 0.29) is 13.0 Å². The van der Waals surface area contributed by atoms with Crippen molar-refractivity contribution in [2.45, 2.75) is 76.0 Å². The fourth-order valence-electron chi connectivity index (χ4n) is 3.35. The standard InChI is InChI=1S/C19H33N5O7/c1-11(21)16(27)22-12(5-2-3-9-20)18(29)24-10-4-6-14(24)17(28)23-13(19(30)31)7-8-15(25)26/h11-14H,2-10,20-21H2,1H3,(H,22,27)(H,23,28)(H,25,26)(H,30,31). The van der Waals surface area contributed by atoms with Crippen molar-refractivity contribution in [3.8, 4) is 0 Å². The molecule has 4 atom stereocenters. The Hall–Kier alpha value is -2.73. The minimum atomic E-state index is -1.38. The third-order valence-electron chi connectivity index (χ3n) is 5.08. The number of rotatable bonds is 13. The van der Waals surface area contributed by atoms with Gasteiger partial charge in [0, 0.05) is 13.0 Å². The van der Waals surface area contributed by atoms with Crippen molar-refractivity contribution >= 4 is 29.7 Å². The number of unbranched alkanes of at least 4 members (excludes halogenated alkanes) is 1. The molecule has 3 amide bonds. The van der Waals surface area contributed by atoms with Crippen molar-refractivity contribution in [2.75, 3.05) is 13.1 Å². The Bertz CT molecular complexity index is 670. The van der Waals surface area contributed by atoms with Crippen LogP contribution in [0.4, 0.5) is 0 Å². The second-order valence-corrected chi connectivity index (χ2v) is 7.66. The molecule has 1 heterocycles. The number of amides is 3. The molecule has 0 aliphatic carbocycles. The molecule has 1 aliphatic heterocycles. The van der Waals surface area contributed by atoms with Crippen LogP contribution in [-0.4, -0.2) is 82.0 Å². The maximum Gasteiger partial charge on any atom is 0.326 e. The Labute approximate surface area is 180 Å². The SMILES string of the molecule is CC(N)C(=O)NC(CCCCN)C(=O)N1CCCC1C(=O)NC(CCC(=O)O)C(=O)O. The van der Waals surface area contributed by atoms with Crippen LogP contribution in [0.1, 0.15) is 51.9 Å². The van der Waals surface area contributed by atoms with Gasteiger partial charge in [0.15, 0.2) is 0 Å². The van der Waals surface area contributed by atoms with Crippen LogP contribution in [0.15, 0.2) is 0 Å². The molecule has 0 aromatic rings. The Morgan fingerprint density at radius 1 is 1.06 bits per heavy atom. The van der Waals surface area contributed by atoms with E-state index in [9.17, 15) is 29.1 Å². The highest BCUT2D eigenvalue weighted by molar-refractivity contribution is 5.94. The molecule has 0 spiro atoms. The van der Waals surface area contributed by atoms with Crippen LogP contribution in [0.2, 0.25) is 0 Å². The zero-order valence-electron chi connectivity index (χ0n) is 17.7. The molecular weight excluding hydrogens is 410 g/mol. The van der Waals surface area contributed by atoms with E-state index in [0.29, 0.717) is 38.6 Å². The number of nitrogens with two attached hydrogens (primary N) is 2. The van der Waals surface area contributed by atoms with Crippen molar-refractivity contribution in [3.63, 3.8) is 0 Å². The number of aliphatic carboxylic acids is 2. The van der Waals surface area contributed by atoms with Crippen molar-refractivity contribution in [1.82, 2.24) is 15.5 Å². The highest BCUT2D eigenvalue weighted by Gasteiger charge is 2.38. The molecule has 1 aliphatic rings. The molecule has 1 saturated heterocycles. The average Bonchev–Trinajstić information content (AvgIpc) is 3.19.